The molecule has 0 aliphatic carbocycles. The maximum atomic E-state index is 3.50. The van der Waals surface area contributed by atoms with E-state index in [4.69, 9.17) is 0 Å². The minimum atomic E-state index is 0.635. The number of hydrogen-bond acceptors (Lipinski definition) is 1. The monoisotopic (exact) mass is 247 g/mol. The van der Waals surface area contributed by atoms with Crippen molar-refractivity contribution < 1.29 is 0 Å². The Balaban J connectivity index is 2.30. The maximum Gasteiger partial charge on any atom is -0.00230 e. The van der Waals surface area contributed by atoms with Gasteiger partial charge in [0.1, 0.15) is 0 Å². The number of nitrogens with one attached hydrogen (secondary N) is 1. The van der Waals surface area contributed by atoms with Gasteiger partial charge in [0.05, 0.1) is 0 Å². The van der Waals surface area contributed by atoms with Gasteiger partial charge in [-0.25, -0.2) is 0 Å². The van der Waals surface area contributed by atoms with Gasteiger partial charge < -0.3 is 5.32 Å². The molecule has 102 valence electrons. The van der Waals surface area contributed by atoms with Gasteiger partial charge in [0.25, 0.3) is 0 Å². The Hall–Kier alpha value is -0.820. The van der Waals surface area contributed by atoms with Crippen LogP contribution in [-0.2, 0) is 6.42 Å². The first kappa shape index (κ1) is 15.2. The molecule has 1 aromatic rings. The summed E-state index contributed by atoms with van der Waals surface area (Å²) in [7, 11) is 0. The summed E-state index contributed by atoms with van der Waals surface area (Å²) in [6, 6.07) is 9.14. The molecular formula is C17H29N. The Bertz CT molecular complexity index is 313. The molecule has 0 amide bonds. The predicted octanol–water partition coefficient (Wildman–Crippen LogP) is 4.38. The van der Waals surface area contributed by atoms with Crippen molar-refractivity contribution in [2.75, 3.05) is 13.1 Å². The molecule has 0 saturated heterocycles. The predicted molar refractivity (Wildman–Crippen MR) is 81.2 cm³/mol. The summed E-state index contributed by atoms with van der Waals surface area (Å²) in [5.41, 5.74) is 2.91. The van der Waals surface area contributed by atoms with Gasteiger partial charge in [-0.15, -0.1) is 0 Å². The van der Waals surface area contributed by atoms with Crippen molar-refractivity contribution in [3.8, 4) is 0 Å². The molecule has 1 heteroatoms. The van der Waals surface area contributed by atoms with Gasteiger partial charge in [0.2, 0.25) is 0 Å². The van der Waals surface area contributed by atoms with Crippen molar-refractivity contribution in [2.24, 2.45) is 5.92 Å². The third-order valence-corrected chi connectivity index (χ3v) is 3.49. The summed E-state index contributed by atoms with van der Waals surface area (Å²) in [4.78, 5) is 0. The molecular weight excluding hydrogens is 218 g/mol. The van der Waals surface area contributed by atoms with Crippen molar-refractivity contribution in [3.05, 3.63) is 35.4 Å². The van der Waals surface area contributed by atoms with E-state index in [1.165, 1.54) is 30.4 Å². The Morgan fingerprint density at radius 1 is 1.06 bits per heavy atom. The van der Waals surface area contributed by atoms with Crippen LogP contribution in [0.3, 0.4) is 0 Å². The summed E-state index contributed by atoms with van der Waals surface area (Å²) in [5.74, 6) is 1.40. The fraction of sp³-hybridized carbons (Fsp3) is 0.647. The first-order chi connectivity index (χ1) is 8.63. The molecule has 1 unspecified atom stereocenters. The van der Waals surface area contributed by atoms with Crippen LogP contribution in [0.25, 0.3) is 0 Å². The molecule has 0 aromatic heterocycles. The van der Waals surface area contributed by atoms with Crippen LogP contribution >= 0.6 is 0 Å². The maximum absolute atomic E-state index is 3.50. The van der Waals surface area contributed by atoms with E-state index in [-0.39, 0.29) is 0 Å². The summed E-state index contributed by atoms with van der Waals surface area (Å²) < 4.78 is 0. The van der Waals surface area contributed by atoms with Crippen LogP contribution in [-0.4, -0.2) is 13.1 Å². The Morgan fingerprint density at radius 3 is 2.28 bits per heavy atom. The fourth-order valence-corrected chi connectivity index (χ4v) is 2.11. The SMILES string of the molecule is CCCNCC(C)CCc1ccc(C(C)C)cc1. The highest BCUT2D eigenvalue weighted by Crippen LogP contribution is 2.16. The quantitative estimate of drug-likeness (QED) is 0.672. The molecule has 0 radical (unpaired) electrons. The Morgan fingerprint density at radius 2 is 1.72 bits per heavy atom. The van der Waals surface area contributed by atoms with Gasteiger partial charge in [0, 0.05) is 0 Å². The van der Waals surface area contributed by atoms with Crippen LogP contribution in [0.2, 0.25) is 0 Å². The number of hydrogen-bond donors (Lipinski definition) is 1. The zero-order valence-corrected chi connectivity index (χ0v) is 12.5. The molecule has 0 saturated carbocycles. The lowest BCUT2D eigenvalue weighted by Crippen LogP contribution is -2.22. The van der Waals surface area contributed by atoms with Crippen molar-refractivity contribution in [3.63, 3.8) is 0 Å². The van der Waals surface area contributed by atoms with Gasteiger partial charge in [-0.1, -0.05) is 52.0 Å². The van der Waals surface area contributed by atoms with Crippen LogP contribution in [0, 0.1) is 5.92 Å². The molecule has 18 heavy (non-hydrogen) atoms. The van der Waals surface area contributed by atoms with Gasteiger partial charge in [-0.05, 0) is 55.3 Å². The highest BCUT2D eigenvalue weighted by molar-refractivity contribution is 5.24. The summed E-state index contributed by atoms with van der Waals surface area (Å²) in [5, 5.41) is 3.50. The van der Waals surface area contributed by atoms with Gasteiger partial charge in [-0.3, -0.25) is 0 Å². The average molecular weight is 247 g/mol. The van der Waals surface area contributed by atoms with E-state index in [2.05, 4.69) is 57.3 Å². The second kappa shape index (κ2) is 8.31. The van der Waals surface area contributed by atoms with Crippen LogP contribution in [0.4, 0.5) is 0 Å². The van der Waals surface area contributed by atoms with E-state index in [9.17, 15) is 0 Å². The zero-order valence-electron chi connectivity index (χ0n) is 12.5. The van der Waals surface area contributed by atoms with Crippen molar-refractivity contribution in [1.82, 2.24) is 5.32 Å². The van der Waals surface area contributed by atoms with E-state index in [0.717, 1.165) is 19.0 Å². The lowest BCUT2D eigenvalue weighted by Gasteiger charge is -2.12. The average Bonchev–Trinajstić information content (AvgIpc) is 2.37. The standard InChI is InChI=1S/C17H29N/c1-5-12-18-13-15(4)6-7-16-8-10-17(11-9-16)14(2)3/h8-11,14-15,18H,5-7,12-13H2,1-4H3. The second-order valence-corrected chi connectivity index (χ2v) is 5.74. The van der Waals surface area contributed by atoms with E-state index in [0.29, 0.717) is 5.92 Å². The molecule has 1 nitrogen and oxygen atoms in total. The van der Waals surface area contributed by atoms with Gasteiger partial charge in [0.15, 0.2) is 0 Å². The molecule has 0 aliphatic heterocycles. The minimum absolute atomic E-state index is 0.635. The van der Waals surface area contributed by atoms with E-state index in [1.54, 1.807) is 0 Å². The summed E-state index contributed by atoms with van der Waals surface area (Å²) >= 11 is 0. The Kier molecular flexibility index (Phi) is 7.04. The highest BCUT2D eigenvalue weighted by Gasteiger charge is 2.03. The zero-order chi connectivity index (χ0) is 13.4. The molecule has 0 spiro atoms. The van der Waals surface area contributed by atoms with Crippen LogP contribution < -0.4 is 5.32 Å². The molecule has 1 rings (SSSR count). The van der Waals surface area contributed by atoms with Gasteiger partial charge in [-0.2, -0.15) is 0 Å². The minimum Gasteiger partial charge on any atom is -0.316 e. The van der Waals surface area contributed by atoms with Crippen molar-refractivity contribution >= 4 is 0 Å². The first-order valence-corrected chi connectivity index (χ1v) is 7.43. The number of aryl methyl sites for hydroxylation is 1. The van der Waals surface area contributed by atoms with E-state index < -0.39 is 0 Å². The van der Waals surface area contributed by atoms with E-state index in [1.807, 2.05) is 0 Å². The van der Waals surface area contributed by atoms with Gasteiger partial charge >= 0.3 is 0 Å². The van der Waals surface area contributed by atoms with Crippen molar-refractivity contribution in [1.29, 1.82) is 0 Å². The largest absolute Gasteiger partial charge is 0.316 e. The van der Waals surface area contributed by atoms with Crippen molar-refractivity contribution in [2.45, 2.75) is 52.9 Å². The molecule has 0 bridgehead atoms. The molecule has 1 aromatic carbocycles. The second-order valence-electron chi connectivity index (χ2n) is 5.74. The third kappa shape index (κ3) is 5.68. The lowest BCUT2D eigenvalue weighted by molar-refractivity contribution is 0.481. The molecule has 1 N–H and O–H groups in total. The van der Waals surface area contributed by atoms with Crippen LogP contribution in [0.1, 0.15) is 57.6 Å². The number of rotatable bonds is 8. The number of benzene rings is 1. The fourth-order valence-electron chi connectivity index (χ4n) is 2.11. The molecule has 0 aliphatic rings. The summed E-state index contributed by atoms with van der Waals surface area (Å²) in [6.07, 6.45) is 3.70. The first-order valence-electron chi connectivity index (χ1n) is 7.43. The van der Waals surface area contributed by atoms with E-state index >= 15 is 0 Å². The smallest absolute Gasteiger partial charge is 0.00230 e. The van der Waals surface area contributed by atoms with Crippen LogP contribution in [0.5, 0.6) is 0 Å². The molecule has 0 fully saturated rings. The third-order valence-electron chi connectivity index (χ3n) is 3.49. The highest BCUT2D eigenvalue weighted by atomic mass is 14.8. The Labute approximate surface area is 113 Å². The normalized spacial score (nSPS) is 12.9. The molecule has 1 atom stereocenters. The summed E-state index contributed by atoms with van der Waals surface area (Å²) in [6.45, 7) is 11.3. The molecule has 0 heterocycles. The van der Waals surface area contributed by atoms with Crippen LogP contribution in [0.15, 0.2) is 24.3 Å². The lowest BCUT2D eigenvalue weighted by atomic mass is 9.97. The topological polar surface area (TPSA) is 12.0 Å².